The van der Waals surface area contributed by atoms with E-state index in [-0.39, 0.29) is 5.91 Å². The lowest BCUT2D eigenvalue weighted by Crippen LogP contribution is -2.48. The molecule has 0 saturated heterocycles. The Hall–Kier alpha value is -1.10. The molecule has 0 aliphatic rings. The largest absolute Gasteiger partial charge is 0.480 e. The Morgan fingerprint density at radius 2 is 1.71 bits per heavy atom. The van der Waals surface area contributed by atoms with E-state index in [0.29, 0.717) is 12.8 Å². The molecule has 1 unspecified atom stereocenters. The molecule has 0 bridgehead atoms. The van der Waals surface area contributed by atoms with Crippen LogP contribution in [0.15, 0.2) is 0 Å². The molecule has 0 aliphatic carbocycles. The first-order valence-corrected chi connectivity index (χ1v) is 6.31. The SMILES string of the molecule is CCCCC(NC(=O)[C@@H](N)CCCC)C(=O)O. The maximum Gasteiger partial charge on any atom is 0.326 e. The molecule has 100 valence electrons. The Kier molecular flexibility index (Phi) is 8.40. The zero-order chi connectivity index (χ0) is 13.3. The summed E-state index contributed by atoms with van der Waals surface area (Å²) in [5.74, 6) is -1.35. The number of aliphatic carboxylic acids is 1. The fourth-order valence-corrected chi connectivity index (χ4v) is 1.50. The lowest BCUT2D eigenvalue weighted by Gasteiger charge is -2.17. The second-order valence-corrected chi connectivity index (χ2v) is 4.29. The van der Waals surface area contributed by atoms with Gasteiger partial charge in [-0.15, -0.1) is 0 Å². The molecule has 0 aromatic heterocycles. The molecule has 5 heteroatoms. The van der Waals surface area contributed by atoms with Crippen molar-refractivity contribution in [1.29, 1.82) is 0 Å². The molecule has 0 aromatic carbocycles. The number of nitrogens with two attached hydrogens (primary N) is 1. The third-order valence-electron chi connectivity index (χ3n) is 2.67. The van der Waals surface area contributed by atoms with Gasteiger partial charge in [0.2, 0.25) is 5.91 Å². The number of carbonyl (C=O) groups excluding carboxylic acids is 1. The standard InChI is InChI=1S/C12H24N2O3/c1-3-5-7-9(13)11(15)14-10(12(16)17)8-6-4-2/h9-10H,3-8,13H2,1-2H3,(H,14,15)(H,16,17)/t9-,10?/m0/s1. The monoisotopic (exact) mass is 244 g/mol. The Morgan fingerprint density at radius 1 is 1.18 bits per heavy atom. The van der Waals surface area contributed by atoms with Crippen LogP contribution in [0, 0.1) is 0 Å². The Balaban J connectivity index is 4.15. The van der Waals surface area contributed by atoms with Gasteiger partial charge < -0.3 is 16.2 Å². The van der Waals surface area contributed by atoms with Gasteiger partial charge in [0.05, 0.1) is 6.04 Å². The van der Waals surface area contributed by atoms with Gasteiger partial charge in [0.15, 0.2) is 0 Å². The Bertz CT molecular complexity index is 244. The molecule has 0 aromatic rings. The molecule has 0 heterocycles. The van der Waals surface area contributed by atoms with E-state index in [1.807, 2.05) is 13.8 Å². The summed E-state index contributed by atoms with van der Waals surface area (Å²) in [5, 5.41) is 11.4. The number of amides is 1. The van der Waals surface area contributed by atoms with E-state index in [0.717, 1.165) is 25.7 Å². The van der Waals surface area contributed by atoms with E-state index >= 15 is 0 Å². The van der Waals surface area contributed by atoms with Crippen molar-refractivity contribution in [3.8, 4) is 0 Å². The zero-order valence-electron chi connectivity index (χ0n) is 10.7. The first-order valence-electron chi connectivity index (χ1n) is 6.31. The van der Waals surface area contributed by atoms with Crippen molar-refractivity contribution in [2.75, 3.05) is 0 Å². The second-order valence-electron chi connectivity index (χ2n) is 4.29. The van der Waals surface area contributed by atoms with Crippen LogP contribution in [-0.2, 0) is 9.59 Å². The average molecular weight is 244 g/mol. The molecule has 17 heavy (non-hydrogen) atoms. The average Bonchev–Trinajstić information content (AvgIpc) is 2.30. The van der Waals surface area contributed by atoms with Gasteiger partial charge in [0, 0.05) is 0 Å². The molecule has 0 fully saturated rings. The predicted molar refractivity (Wildman–Crippen MR) is 66.6 cm³/mol. The smallest absolute Gasteiger partial charge is 0.326 e. The van der Waals surface area contributed by atoms with Gasteiger partial charge in [-0.25, -0.2) is 4.79 Å². The fourth-order valence-electron chi connectivity index (χ4n) is 1.50. The van der Waals surface area contributed by atoms with Crippen LogP contribution in [0.4, 0.5) is 0 Å². The van der Waals surface area contributed by atoms with E-state index in [9.17, 15) is 9.59 Å². The lowest BCUT2D eigenvalue weighted by molar-refractivity contribution is -0.142. The number of hydrogen-bond acceptors (Lipinski definition) is 3. The van der Waals surface area contributed by atoms with Gasteiger partial charge in [0.25, 0.3) is 0 Å². The molecule has 0 saturated carbocycles. The second kappa shape index (κ2) is 8.98. The zero-order valence-corrected chi connectivity index (χ0v) is 10.7. The predicted octanol–water partition coefficient (Wildman–Crippen LogP) is 1.26. The molecule has 0 rings (SSSR count). The maximum atomic E-state index is 11.6. The van der Waals surface area contributed by atoms with Crippen LogP contribution in [0.1, 0.15) is 52.4 Å². The molecular formula is C12H24N2O3. The van der Waals surface area contributed by atoms with Crippen molar-refractivity contribution in [2.45, 2.75) is 64.5 Å². The van der Waals surface area contributed by atoms with Gasteiger partial charge in [-0.05, 0) is 12.8 Å². The van der Waals surface area contributed by atoms with Gasteiger partial charge >= 0.3 is 5.97 Å². The quantitative estimate of drug-likeness (QED) is 0.569. The van der Waals surface area contributed by atoms with Gasteiger partial charge in [-0.2, -0.15) is 0 Å². The van der Waals surface area contributed by atoms with Gasteiger partial charge in [-0.3, -0.25) is 4.79 Å². The van der Waals surface area contributed by atoms with E-state index in [4.69, 9.17) is 10.8 Å². The van der Waals surface area contributed by atoms with Crippen LogP contribution in [-0.4, -0.2) is 29.1 Å². The number of nitrogens with one attached hydrogen (secondary N) is 1. The first-order chi connectivity index (χ1) is 8.02. The molecule has 0 aliphatic heterocycles. The highest BCUT2D eigenvalue weighted by atomic mass is 16.4. The maximum absolute atomic E-state index is 11.6. The summed E-state index contributed by atoms with van der Waals surface area (Å²) in [6, 6.07) is -1.41. The molecule has 0 spiro atoms. The molecule has 0 radical (unpaired) electrons. The third kappa shape index (κ3) is 6.94. The van der Waals surface area contributed by atoms with Crippen LogP contribution in [0.2, 0.25) is 0 Å². The van der Waals surface area contributed by atoms with Crippen LogP contribution in [0.3, 0.4) is 0 Å². The Morgan fingerprint density at radius 3 is 2.18 bits per heavy atom. The number of rotatable bonds is 9. The van der Waals surface area contributed by atoms with E-state index in [2.05, 4.69) is 5.32 Å². The minimum Gasteiger partial charge on any atom is -0.480 e. The molecule has 2 atom stereocenters. The number of hydrogen-bond donors (Lipinski definition) is 3. The van der Waals surface area contributed by atoms with Crippen molar-refractivity contribution in [1.82, 2.24) is 5.32 Å². The summed E-state index contributed by atoms with van der Waals surface area (Å²) < 4.78 is 0. The molecule has 1 amide bonds. The Labute approximate surface area is 103 Å². The minimum absolute atomic E-state index is 0.359. The summed E-state index contributed by atoms with van der Waals surface area (Å²) in [6.07, 6.45) is 4.59. The van der Waals surface area contributed by atoms with Crippen molar-refractivity contribution < 1.29 is 14.7 Å². The van der Waals surface area contributed by atoms with E-state index in [1.165, 1.54) is 0 Å². The topological polar surface area (TPSA) is 92.4 Å². The van der Waals surface area contributed by atoms with Crippen molar-refractivity contribution >= 4 is 11.9 Å². The summed E-state index contributed by atoms with van der Waals surface area (Å²) in [4.78, 5) is 22.5. The minimum atomic E-state index is -0.991. The van der Waals surface area contributed by atoms with Crippen molar-refractivity contribution in [3.05, 3.63) is 0 Å². The summed E-state index contributed by atoms with van der Waals surface area (Å²) >= 11 is 0. The van der Waals surface area contributed by atoms with Crippen LogP contribution < -0.4 is 11.1 Å². The first kappa shape index (κ1) is 15.9. The fraction of sp³-hybridized carbons (Fsp3) is 0.833. The van der Waals surface area contributed by atoms with E-state index in [1.54, 1.807) is 0 Å². The van der Waals surface area contributed by atoms with Crippen LogP contribution >= 0.6 is 0 Å². The van der Waals surface area contributed by atoms with Gasteiger partial charge in [-0.1, -0.05) is 39.5 Å². The highest BCUT2D eigenvalue weighted by molar-refractivity contribution is 5.86. The molecular weight excluding hydrogens is 220 g/mol. The number of unbranched alkanes of at least 4 members (excludes halogenated alkanes) is 2. The summed E-state index contributed by atoms with van der Waals surface area (Å²) in [7, 11) is 0. The van der Waals surface area contributed by atoms with Gasteiger partial charge in [0.1, 0.15) is 6.04 Å². The highest BCUT2D eigenvalue weighted by Gasteiger charge is 2.22. The van der Waals surface area contributed by atoms with Crippen molar-refractivity contribution in [3.63, 3.8) is 0 Å². The van der Waals surface area contributed by atoms with Crippen molar-refractivity contribution in [2.24, 2.45) is 5.73 Å². The molecule has 5 nitrogen and oxygen atoms in total. The van der Waals surface area contributed by atoms with E-state index < -0.39 is 18.1 Å². The third-order valence-corrected chi connectivity index (χ3v) is 2.67. The van der Waals surface area contributed by atoms with Crippen LogP contribution in [0.25, 0.3) is 0 Å². The number of carbonyl (C=O) groups is 2. The molecule has 4 N–H and O–H groups in total. The number of carboxylic acids is 1. The summed E-state index contributed by atoms with van der Waals surface area (Å²) in [5.41, 5.74) is 5.68. The normalized spacial score (nSPS) is 14.1. The van der Waals surface area contributed by atoms with Crippen LogP contribution in [0.5, 0.6) is 0 Å². The highest BCUT2D eigenvalue weighted by Crippen LogP contribution is 2.03. The number of carboxylic acid groups (broad SMARTS) is 1. The summed E-state index contributed by atoms with van der Waals surface area (Å²) in [6.45, 7) is 4.00. The lowest BCUT2D eigenvalue weighted by atomic mass is 10.1.